The second kappa shape index (κ2) is 6.53. The van der Waals surface area contributed by atoms with Crippen molar-refractivity contribution >= 4 is 23.2 Å². The van der Waals surface area contributed by atoms with Crippen LogP contribution in [0.1, 0.15) is 6.92 Å². The van der Waals surface area contributed by atoms with E-state index in [1.165, 1.54) is 25.1 Å². The van der Waals surface area contributed by atoms with Crippen molar-refractivity contribution in [3.05, 3.63) is 24.0 Å². The SMILES string of the molecule is CC(=O)N1CCN(CC(=O)Nc2cc(N)ccc2F)CC1. The molecule has 1 aliphatic rings. The van der Waals surface area contributed by atoms with Crippen LogP contribution >= 0.6 is 0 Å². The van der Waals surface area contributed by atoms with Crippen molar-refractivity contribution in [2.24, 2.45) is 0 Å². The Hall–Kier alpha value is -2.15. The standard InChI is InChI=1S/C14H19FN4O2/c1-10(20)19-6-4-18(5-7-19)9-14(21)17-13-8-11(16)2-3-12(13)15/h2-3,8H,4-7,9,16H2,1H3,(H,17,21). The van der Waals surface area contributed by atoms with Gasteiger partial charge in [-0.3, -0.25) is 14.5 Å². The molecule has 0 aliphatic carbocycles. The number of carbonyl (C=O) groups excluding carboxylic acids is 2. The molecule has 0 saturated carbocycles. The predicted octanol–water partition coefficient (Wildman–Crippen LogP) is 0.511. The van der Waals surface area contributed by atoms with Crippen LogP contribution in [-0.4, -0.2) is 54.3 Å². The van der Waals surface area contributed by atoms with Crippen LogP contribution in [-0.2, 0) is 9.59 Å². The van der Waals surface area contributed by atoms with E-state index in [0.717, 1.165) is 0 Å². The minimum absolute atomic E-state index is 0.0425. The van der Waals surface area contributed by atoms with E-state index in [1.54, 1.807) is 4.90 Å². The summed E-state index contributed by atoms with van der Waals surface area (Å²) >= 11 is 0. The Morgan fingerprint density at radius 1 is 1.29 bits per heavy atom. The first kappa shape index (κ1) is 15.2. The number of nitrogen functional groups attached to an aromatic ring is 1. The monoisotopic (exact) mass is 294 g/mol. The van der Waals surface area contributed by atoms with E-state index in [9.17, 15) is 14.0 Å². The Morgan fingerprint density at radius 2 is 1.95 bits per heavy atom. The molecule has 1 heterocycles. The van der Waals surface area contributed by atoms with Gasteiger partial charge in [0.1, 0.15) is 5.82 Å². The molecule has 3 N–H and O–H groups in total. The van der Waals surface area contributed by atoms with Gasteiger partial charge in [-0.15, -0.1) is 0 Å². The van der Waals surface area contributed by atoms with Crippen LogP contribution in [0.25, 0.3) is 0 Å². The molecule has 7 heteroatoms. The number of nitrogens with two attached hydrogens (primary N) is 1. The molecule has 0 radical (unpaired) electrons. The number of halogens is 1. The van der Waals surface area contributed by atoms with Gasteiger partial charge in [0.05, 0.1) is 12.2 Å². The highest BCUT2D eigenvalue weighted by Crippen LogP contribution is 2.17. The lowest BCUT2D eigenvalue weighted by molar-refractivity contribution is -0.130. The van der Waals surface area contributed by atoms with Crippen LogP contribution in [0.5, 0.6) is 0 Å². The minimum atomic E-state index is -0.515. The Balaban J connectivity index is 1.85. The minimum Gasteiger partial charge on any atom is -0.399 e. The third-order valence-corrected chi connectivity index (χ3v) is 3.45. The third kappa shape index (κ3) is 4.16. The highest BCUT2D eigenvalue weighted by molar-refractivity contribution is 5.92. The summed E-state index contributed by atoms with van der Waals surface area (Å²) in [6, 6.07) is 4.05. The molecule has 21 heavy (non-hydrogen) atoms. The van der Waals surface area contributed by atoms with E-state index in [0.29, 0.717) is 31.9 Å². The maximum atomic E-state index is 13.5. The van der Waals surface area contributed by atoms with Gasteiger partial charge in [0.15, 0.2) is 0 Å². The molecule has 1 aromatic carbocycles. The van der Waals surface area contributed by atoms with Gasteiger partial charge in [-0.25, -0.2) is 4.39 Å². The summed E-state index contributed by atoms with van der Waals surface area (Å²) in [5, 5.41) is 2.52. The van der Waals surface area contributed by atoms with E-state index in [-0.39, 0.29) is 24.0 Å². The number of hydrogen-bond donors (Lipinski definition) is 2. The summed E-state index contributed by atoms with van der Waals surface area (Å²) in [5.41, 5.74) is 6.04. The number of benzene rings is 1. The molecular weight excluding hydrogens is 275 g/mol. The zero-order valence-corrected chi connectivity index (χ0v) is 11.9. The number of amides is 2. The van der Waals surface area contributed by atoms with Crippen LogP contribution in [0.15, 0.2) is 18.2 Å². The molecular formula is C14H19FN4O2. The fourth-order valence-electron chi connectivity index (χ4n) is 2.25. The quantitative estimate of drug-likeness (QED) is 0.796. The fraction of sp³-hybridized carbons (Fsp3) is 0.429. The van der Waals surface area contributed by atoms with Crippen molar-refractivity contribution in [2.75, 3.05) is 43.8 Å². The summed E-state index contributed by atoms with van der Waals surface area (Å²) < 4.78 is 13.5. The third-order valence-electron chi connectivity index (χ3n) is 3.45. The lowest BCUT2D eigenvalue weighted by Crippen LogP contribution is -2.49. The molecule has 6 nitrogen and oxygen atoms in total. The van der Waals surface area contributed by atoms with Gasteiger partial charge in [-0.1, -0.05) is 0 Å². The molecule has 1 saturated heterocycles. The first-order valence-electron chi connectivity index (χ1n) is 6.78. The lowest BCUT2D eigenvalue weighted by atomic mass is 10.2. The van der Waals surface area contributed by atoms with Crippen LogP contribution in [0, 0.1) is 5.82 Å². The first-order chi connectivity index (χ1) is 9.95. The number of carbonyl (C=O) groups is 2. The lowest BCUT2D eigenvalue weighted by Gasteiger charge is -2.33. The van der Waals surface area contributed by atoms with Gasteiger partial charge < -0.3 is 16.0 Å². The Morgan fingerprint density at radius 3 is 2.57 bits per heavy atom. The summed E-state index contributed by atoms with van der Waals surface area (Å²) in [6.45, 7) is 4.17. The molecule has 114 valence electrons. The Kier molecular flexibility index (Phi) is 4.74. The zero-order chi connectivity index (χ0) is 15.4. The molecule has 1 fully saturated rings. The number of hydrogen-bond acceptors (Lipinski definition) is 4. The van der Waals surface area contributed by atoms with Gasteiger partial charge >= 0.3 is 0 Å². The number of rotatable bonds is 3. The zero-order valence-electron chi connectivity index (χ0n) is 11.9. The maximum absolute atomic E-state index is 13.5. The molecule has 0 unspecified atom stereocenters. The summed E-state index contributed by atoms with van der Waals surface area (Å²) in [5.74, 6) is -0.768. The number of nitrogens with zero attached hydrogens (tertiary/aromatic N) is 2. The fourth-order valence-corrected chi connectivity index (χ4v) is 2.25. The van der Waals surface area contributed by atoms with Gasteiger partial charge in [0.2, 0.25) is 11.8 Å². The highest BCUT2D eigenvalue weighted by Gasteiger charge is 2.20. The number of anilines is 2. The second-order valence-electron chi connectivity index (χ2n) is 5.07. The predicted molar refractivity (Wildman–Crippen MR) is 78.1 cm³/mol. The normalized spacial score (nSPS) is 15.8. The van der Waals surface area contributed by atoms with Crippen molar-refractivity contribution in [1.29, 1.82) is 0 Å². The van der Waals surface area contributed by atoms with Crippen molar-refractivity contribution in [3.8, 4) is 0 Å². The highest BCUT2D eigenvalue weighted by atomic mass is 19.1. The Labute approximate surface area is 122 Å². The number of piperazine rings is 1. The van der Waals surface area contributed by atoms with Crippen molar-refractivity contribution < 1.29 is 14.0 Å². The van der Waals surface area contributed by atoms with Gasteiger partial charge in [0, 0.05) is 38.8 Å². The second-order valence-corrected chi connectivity index (χ2v) is 5.07. The van der Waals surface area contributed by atoms with Crippen LogP contribution in [0.3, 0.4) is 0 Å². The smallest absolute Gasteiger partial charge is 0.238 e. The summed E-state index contributed by atoms with van der Waals surface area (Å²) in [7, 11) is 0. The molecule has 0 spiro atoms. The van der Waals surface area contributed by atoms with Gasteiger partial charge in [0.25, 0.3) is 0 Å². The molecule has 0 bridgehead atoms. The van der Waals surface area contributed by atoms with Crippen LogP contribution < -0.4 is 11.1 Å². The van der Waals surface area contributed by atoms with Crippen LogP contribution in [0.2, 0.25) is 0 Å². The molecule has 1 aliphatic heterocycles. The summed E-state index contributed by atoms with van der Waals surface area (Å²) in [6.07, 6.45) is 0. The van der Waals surface area contributed by atoms with Crippen molar-refractivity contribution in [3.63, 3.8) is 0 Å². The summed E-state index contributed by atoms with van der Waals surface area (Å²) in [4.78, 5) is 26.8. The largest absolute Gasteiger partial charge is 0.399 e. The average Bonchev–Trinajstić information content (AvgIpc) is 2.43. The molecule has 2 amide bonds. The average molecular weight is 294 g/mol. The van der Waals surface area contributed by atoms with Gasteiger partial charge in [-0.05, 0) is 18.2 Å². The van der Waals surface area contributed by atoms with Crippen molar-refractivity contribution in [2.45, 2.75) is 6.92 Å². The van der Waals surface area contributed by atoms with E-state index in [1.807, 2.05) is 4.90 Å². The number of nitrogens with one attached hydrogen (secondary N) is 1. The first-order valence-corrected chi connectivity index (χ1v) is 6.78. The Bertz CT molecular complexity index is 542. The van der Waals surface area contributed by atoms with Gasteiger partial charge in [-0.2, -0.15) is 0 Å². The molecule has 0 aromatic heterocycles. The van der Waals surface area contributed by atoms with Crippen molar-refractivity contribution in [1.82, 2.24) is 9.80 Å². The maximum Gasteiger partial charge on any atom is 0.238 e. The van der Waals surface area contributed by atoms with Crippen LogP contribution in [0.4, 0.5) is 15.8 Å². The molecule has 2 rings (SSSR count). The van der Waals surface area contributed by atoms with E-state index in [2.05, 4.69) is 5.32 Å². The topological polar surface area (TPSA) is 78.7 Å². The molecule has 0 atom stereocenters. The van der Waals surface area contributed by atoms with E-state index >= 15 is 0 Å². The van der Waals surface area contributed by atoms with E-state index < -0.39 is 5.82 Å². The van der Waals surface area contributed by atoms with E-state index in [4.69, 9.17) is 5.73 Å². The molecule has 1 aromatic rings.